The molecule has 134 valence electrons. The van der Waals surface area contributed by atoms with Gasteiger partial charge in [0.05, 0.1) is 5.02 Å². The molecule has 0 spiro atoms. The van der Waals surface area contributed by atoms with Crippen LogP contribution in [0.2, 0.25) is 5.02 Å². The molecular weight excluding hydrogens is 356 g/mol. The van der Waals surface area contributed by atoms with Crippen molar-refractivity contribution in [3.05, 3.63) is 100 Å². The average molecular weight is 373 g/mol. The molecule has 26 heavy (non-hydrogen) atoms. The van der Waals surface area contributed by atoms with Crippen molar-refractivity contribution >= 4 is 11.6 Å². The molecule has 0 saturated heterocycles. The number of aromatic hydroxyl groups is 1. The van der Waals surface area contributed by atoms with Gasteiger partial charge in [-0.25, -0.2) is 0 Å². The maximum atomic E-state index is 10.8. The maximum Gasteiger partial charge on any atom is 0.219 e. The molecule has 3 aromatic rings. The molecule has 0 atom stereocenters. The third-order valence-electron chi connectivity index (χ3n) is 4.20. The monoisotopic (exact) mass is 372 g/mol. The van der Waals surface area contributed by atoms with Crippen molar-refractivity contribution in [2.45, 2.75) is 11.6 Å². The maximum absolute atomic E-state index is 10.8. The lowest BCUT2D eigenvalue weighted by atomic mass is 9.86. The first kappa shape index (κ1) is 18.4. The van der Waals surface area contributed by atoms with Crippen LogP contribution >= 0.6 is 11.6 Å². The standard InChI is InChI=1S/C20H17ClO5/c21-18-16(22)12-11-15(19(23,24)13-7-3-1-4-8-13)17(18)20(25,26)14-9-5-2-6-10-14/h1-12,22-26H. The van der Waals surface area contributed by atoms with Gasteiger partial charge in [0.1, 0.15) is 5.75 Å². The van der Waals surface area contributed by atoms with Crippen molar-refractivity contribution in [1.82, 2.24) is 0 Å². The van der Waals surface area contributed by atoms with Gasteiger partial charge in [0, 0.05) is 22.3 Å². The summed E-state index contributed by atoms with van der Waals surface area (Å²) in [5.74, 6) is -5.66. The second-order valence-corrected chi connectivity index (χ2v) is 6.28. The van der Waals surface area contributed by atoms with Gasteiger partial charge < -0.3 is 25.5 Å². The number of phenolic OH excluding ortho intramolecular Hbond substituents is 1. The Morgan fingerprint density at radius 3 is 1.58 bits per heavy atom. The molecule has 0 bridgehead atoms. The zero-order valence-electron chi connectivity index (χ0n) is 13.5. The van der Waals surface area contributed by atoms with E-state index in [9.17, 15) is 25.5 Å². The van der Waals surface area contributed by atoms with E-state index in [1.54, 1.807) is 36.4 Å². The molecule has 0 radical (unpaired) electrons. The molecule has 3 aromatic carbocycles. The largest absolute Gasteiger partial charge is 0.506 e. The molecule has 0 aliphatic rings. The molecule has 0 unspecified atom stereocenters. The third-order valence-corrected chi connectivity index (χ3v) is 4.58. The average Bonchev–Trinajstić information content (AvgIpc) is 2.65. The van der Waals surface area contributed by atoms with Gasteiger partial charge in [0.15, 0.2) is 0 Å². The molecule has 0 heterocycles. The Labute approximate surface area is 155 Å². The van der Waals surface area contributed by atoms with Gasteiger partial charge in [-0.05, 0) is 12.1 Å². The van der Waals surface area contributed by atoms with Crippen LogP contribution in [0.1, 0.15) is 22.3 Å². The zero-order chi connectivity index (χ0) is 18.9. The Morgan fingerprint density at radius 1 is 0.615 bits per heavy atom. The minimum Gasteiger partial charge on any atom is -0.506 e. The Kier molecular flexibility index (Phi) is 4.75. The predicted octanol–water partition coefficient (Wildman–Crippen LogP) is 2.42. The quantitative estimate of drug-likeness (QED) is 0.453. The molecule has 3 rings (SSSR count). The molecule has 0 fully saturated rings. The molecule has 0 saturated carbocycles. The van der Waals surface area contributed by atoms with E-state index in [1.807, 2.05) is 0 Å². The predicted molar refractivity (Wildman–Crippen MR) is 96.4 cm³/mol. The Balaban J connectivity index is 2.28. The Morgan fingerprint density at radius 2 is 1.08 bits per heavy atom. The van der Waals surface area contributed by atoms with E-state index in [0.29, 0.717) is 0 Å². The summed E-state index contributed by atoms with van der Waals surface area (Å²) in [6, 6.07) is 18.0. The molecule has 5 nitrogen and oxygen atoms in total. The summed E-state index contributed by atoms with van der Waals surface area (Å²) in [5.41, 5.74) is -0.524. The highest BCUT2D eigenvalue weighted by atomic mass is 35.5. The number of rotatable bonds is 4. The molecular formula is C20H17ClO5. The van der Waals surface area contributed by atoms with Crippen molar-refractivity contribution in [2.75, 3.05) is 0 Å². The van der Waals surface area contributed by atoms with Crippen LogP contribution in [0.15, 0.2) is 72.8 Å². The smallest absolute Gasteiger partial charge is 0.219 e. The summed E-state index contributed by atoms with van der Waals surface area (Å²) in [6.45, 7) is 0. The number of phenols is 1. The van der Waals surface area contributed by atoms with E-state index in [1.165, 1.54) is 30.3 Å². The summed E-state index contributed by atoms with van der Waals surface area (Å²) in [6.07, 6.45) is 0. The van der Waals surface area contributed by atoms with Crippen LogP contribution in [0.25, 0.3) is 0 Å². The van der Waals surface area contributed by atoms with Crippen LogP contribution < -0.4 is 0 Å². The fourth-order valence-electron chi connectivity index (χ4n) is 2.84. The van der Waals surface area contributed by atoms with Crippen LogP contribution in [0, 0.1) is 0 Å². The van der Waals surface area contributed by atoms with Crippen LogP contribution in [-0.2, 0) is 11.6 Å². The summed E-state index contributed by atoms with van der Waals surface area (Å²) >= 11 is 6.13. The first-order chi connectivity index (χ1) is 12.3. The summed E-state index contributed by atoms with van der Waals surface area (Å²) in [7, 11) is 0. The summed E-state index contributed by atoms with van der Waals surface area (Å²) in [5, 5.41) is 52.7. The van der Waals surface area contributed by atoms with Gasteiger partial charge in [0.2, 0.25) is 11.6 Å². The second-order valence-electron chi connectivity index (χ2n) is 5.90. The fraction of sp³-hybridized carbons (Fsp3) is 0.100. The fourth-order valence-corrected chi connectivity index (χ4v) is 3.13. The zero-order valence-corrected chi connectivity index (χ0v) is 14.3. The molecule has 0 aromatic heterocycles. The summed E-state index contributed by atoms with van der Waals surface area (Å²) < 4.78 is 0. The first-order valence-electron chi connectivity index (χ1n) is 7.79. The third kappa shape index (κ3) is 3.07. The molecule has 6 heteroatoms. The lowest BCUT2D eigenvalue weighted by Gasteiger charge is -2.32. The van der Waals surface area contributed by atoms with Gasteiger partial charge in [-0.3, -0.25) is 0 Å². The van der Waals surface area contributed by atoms with E-state index < -0.39 is 22.9 Å². The molecule has 0 amide bonds. The number of hydrogen-bond acceptors (Lipinski definition) is 5. The second kappa shape index (κ2) is 6.72. The van der Waals surface area contributed by atoms with Crippen molar-refractivity contribution in [3.8, 4) is 5.75 Å². The van der Waals surface area contributed by atoms with E-state index in [4.69, 9.17) is 11.6 Å². The van der Waals surface area contributed by atoms with Gasteiger partial charge in [-0.15, -0.1) is 0 Å². The van der Waals surface area contributed by atoms with Gasteiger partial charge in [-0.1, -0.05) is 72.3 Å². The van der Waals surface area contributed by atoms with E-state index in [-0.39, 0.29) is 21.7 Å². The highest BCUT2D eigenvalue weighted by molar-refractivity contribution is 6.33. The topological polar surface area (TPSA) is 101 Å². The minimum absolute atomic E-state index is 0.0533. The van der Waals surface area contributed by atoms with Crippen LogP contribution in [0.3, 0.4) is 0 Å². The number of halogens is 1. The highest BCUT2D eigenvalue weighted by Crippen LogP contribution is 2.43. The van der Waals surface area contributed by atoms with Crippen molar-refractivity contribution in [3.63, 3.8) is 0 Å². The lowest BCUT2D eigenvalue weighted by Crippen LogP contribution is -2.35. The molecule has 5 N–H and O–H groups in total. The number of benzene rings is 3. The van der Waals surface area contributed by atoms with Crippen LogP contribution in [-0.4, -0.2) is 25.5 Å². The van der Waals surface area contributed by atoms with E-state index in [2.05, 4.69) is 0 Å². The normalized spacial score (nSPS) is 12.2. The first-order valence-corrected chi connectivity index (χ1v) is 8.17. The Bertz CT molecular complexity index is 908. The minimum atomic E-state index is -2.67. The number of hydrogen-bond donors (Lipinski definition) is 5. The molecule has 0 aliphatic heterocycles. The molecule has 0 aliphatic carbocycles. The van der Waals surface area contributed by atoms with Crippen LogP contribution in [0.5, 0.6) is 5.75 Å². The Hall–Kier alpha value is -2.41. The van der Waals surface area contributed by atoms with E-state index in [0.717, 1.165) is 6.07 Å². The van der Waals surface area contributed by atoms with Crippen LogP contribution in [0.4, 0.5) is 0 Å². The summed E-state index contributed by atoms with van der Waals surface area (Å²) in [4.78, 5) is 0. The van der Waals surface area contributed by atoms with Gasteiger partial charge >= 0.3 is 0 Å². The van der Waals surface area contributed by atoms with Crippen molar-refractivity contribution in [1.29, 1.82) is 0 Å². The van der Waals surface area contributed by atoms with Crippen molar-refractivity contribution < 1.29 is 25.5 Å². The van der Waals surface area contributed by atoms with Gasteiger partial charge in [-0.2, -0.15) is 0 Å². The van der Waals surface area contributed by atoms with E-state index >= 15 is 0 Å². The van der Waals surface area contributed by atoms with Crippen molar-refractivity contribution in [2.24, 2.45) is 0 Å². The van der Waals surface area contributed by atoms with Gasteiger partial charge in [0.25, 0.3) is 0 Å². The highest BCUT2D eigenvalue weighted by Gasteiger charge is 2.41. The SMILES string of the molecule is Oc1ccc(C(O)(O)c2ccccc2)c(C(O)(O)c2ccccc2)c1Cl. The lowest BCUT2D eigenvalue weighted by molar-refractivity contribution is -0.154. The number of aliphatic hydroxyl groups is 4.